The molecule has 0 spiro atoms. The Bertz CT molecular complexity index is 1430. The van der Waals surface area contributed by atoms with Crippen molar-refractivity contribution in [3.63, 3.8) is 0 Å². The number of carboxylic acids is 1. The second-order valence-electron chi connectivity index (χ2n) is 9.65. The number of aromatic amines is 1. The number of aliphatic carboxylic acids is 1. The molecule has 2 bridgehead atoms. The van der Waals surface area contributed by atoms with Gasteiger partial charge < -0.3 is 20.1 Å². The number of nitrogens with zero attached hydrogens (tertiary/aromatic N) is 3. The lowest BCUT2D eigenvalue weighted by Crippen LogP contribution is -2.51. The van der Waals surface area contributed by atoms with E-state index in [1.54, 1.807) is 13.3 Å². The minimum atomic E-state index is -0.760. The van der Waals surface area contributed by atoms with Crippen molar-refractivity contribution in [2.45, 2.75) is 31.7 Å². The van der Waals surface area contributed by atoms with E-state index in [9.17, 15) is 14.3 Å². The summed E-state index contributed by atoms with van der Waals surface area (Å²) in [5.41, 5.74) is 2.67. The Balaban J connectivity index is 1.45. The van der Waals surface area contributed by atoms with Crippen LogP contribution in [-0.4, -0.2) is 44.2 Å². The highest BCUT2D eigenvalue weighted by Gasteiger charge is 2.47. The van der Waals surface area contributed by atoms with Crippen LogP contribution in [0.25, 0.3) is 33.7 Å². The van der Waals surface area contributed by atoms with E-state index in [2.05, 4.69) is 15.3 Å². The summed E-state index contributed by atoms with van der Waals surface area (Å²) in [5.74, 6) is 0.477. The van der Waals surface area contributed by atoms with Gasteiger partial charge in [0.05, 0.1) is 24.9 Å². The van der Waals surface area contributed by atoms with Gasteiger partial charge in [-0.15, -0.1) is 0 Å². The van der Waals surface area contributed by atoms with Gasteiger partial charge in [0.1, 0.15) is 23.0 Å². The van der Waals surface area contributed by atoms with Crippen LogP contribution in [-0.2, 0) is 4.79 Å². The molecule has 184 valence electrons. The fourth-order valence-electron chi connectivity index (χ4n) is 5.90. The maximum absolute atomic E-state index is 14.0. The number of halogens is 1. The highest BCUT2D eigenvalue weighted by Crippen LogP contribution is 2.46. The zero-order valence-electron chi connectivity index (χ0n) is 19.7. The summed E-state index contributed by atoms with van der Waals surface area (Å²) >= 11 is 0. The van der Waals surface area contributed by atoms with Crippen LogP contribution in [0, 0.1) is 23.6 Å². The molecule has 9 heteroatoms. The average Bonchev–Trinajstić information content (AvgIpc) is 3.32. The Morgan fingerprint density at radius 2 is 1.86 bits per heavy atom. The molecule has 3 saturated carbocycles. The van der Waals surface area contributed by atoms with Crippen molar-refractivity contribution in [1.82, 2.24) is 19.9 Å². The second-order valence-corrected chi connectivity index (χ2v) is 9.65. The van der Waals surface area contributed by atoms with Crippen molar-refractivity contribution in [2.75, 3.05) is 12.4 Å². The van der Waals surface area contributed by atoms with Gasteiger partial charge in [-0.3, -0.25) is 4.79 Å². The van der Waals surface area contributed by atoms with E-state index in [4.69, 9.17) is 14.7 Å². The first-order chi connectivity index (χ1) is 17.5. The predicted molar refractivity (Wildman–Crippen MR) is 133 cm³/mol. The maximum Gasteiger partial charge on any atom is 0.308 e. The largest absolute Gasteiger partial charge is 0.497 e. The maximum atomic E-state index is 14.0. The standard InChI is InChI=1S/C27H26FN5O3/c1-36-18-8-6-14(7-9-18)21-11-22(32-24-16-4-2-15(3-5-16)23(24)27(34)35)33-26(31-21)20-13-30-25-19(20)10-17(28)12-29-25/h6-13,15-16,23-24H,2-5H2,1H3,(H,29,30)(H,34,35)(H,31,32,33). The molecule has 7 rings (SSSR count). The fourth-order valence-corrected chi connectivity index (χ4v) is 5.90. The van der Waals surface area contributed by atoms with E-state index in [0.29, 0.717) is 33.9 Å². The Morgan fingerprint density at radius 3 is 2.58 bits per heavy atom. The van der Waals surface area contributed by atoms with Gasteiger partial charge in [-0.2, -0.15) is 0 Å². The van der Waals surface area contributed by atoms with E-state index < -0.39 is 17.7 Å². The van der Waals surface area contributed by atoms with Crippen molar-refractivity contribution in [2.24, 2.45) is 17.8 Å². The number of rotatable bonds is 6. The third kappa shape index (κ3) is 3.94. The normalized spacial score (nSPS) is 23.1. The van der Waals surface area contributed by atoms with Crippen LogP contribution in [0.3, 0.4) is 0 Å². The third-order valence-corrected chi connectivity index (χ3v) is 7.67. The number of carbonyl (C=O) groups is 1. The van der Waals surface area contributed by atoms with Gasteiger partial charge in [-0.05, 0) is 67.9 Å². The number of anilines is 1. The highest BCUT2D eigenvalue weighted by molar-refractivity contribution is 5.92. The van der Waals surface area contributed by atoms with Crippen LogP contribution >= 0.6 is 0 Å². The van der Waals surface area contributed by atoms with Crippen molar-refractivity contribution < 1.29 is 19.0 Å². The van der Waals surface area contributed by atoms with Crippen LogP contribution < -0.4 is 10.1 Å². The van der Waals surface area contributed by atoms with Gasteiger partial charge in [0.2, 0.25) is 0 Å². The molecular weight excluding hydrogens is 461 g/mol. The van der Waals surface area contributed by atoms with Gasteiger partial charge in [0, 0.05) is 34.8 Å². The van der Waals surface area contributed by atoms with Gasteiger partial charge >= 0.3 is 5.97 Å². The number of fused-ring (bicyclic) bond motifs is 4. The summed E-state index contributed by atoms with van der Waals surface area (Å²) < 4.78 is 19.3. The summed E-state index contributed by atoms with van der Waals surface area (Å²) in [6.45, 7) is 0. The quantitative estimate of drug-likeness (QED) is 0.345. The molecule has 3 N–H and O–H groups in total. The fraction of sp³-hybridized carbons (Fsp3) is 0.333. The number of H-pyrrole nitrogens is 1. The minimum absolute atomic E-state index is 0.176. The zero-order valence-corrected chi connectivity index (χ0v) is 19.7. The number of hydrogen-bond donors (Lipinski definition) is 3. The molecule has 3 heterocycles. The van der Waals surface area contributed by atoms with E-state index in [0.717, 1.165) is 43.2 Å². The van der Waals surface area contributed by atoms with Crippen LogP contribution in [0.5, 0.6) is 5.75 Å². The van der Waals surface area contributed by atoms with Crippen LogP contribution in [0.4, 0.5) is 10.2 Å². The molecular formula is C27H26FN5O3. The SMILES string of the molecule is COc1ccc(-c2cc(NC3C4CCC(CC4)C3C(=O)O)nc(-c3c[nH]c4ncc(F)cc34)n2)cc1. The molecule has 0 amide bonds. The summed E-state index contributed by atoms with van der Waals surface area (Å²) in [5, 5.41) is 14.1. The molecule has 4 aromatic rings. The van der Waals surface area contributed by atoms with Crippen molar-refractivity contribution in [3.8, 4) is 28.4 Å². The number of benzene rings is 1. The van der Waals surface area contributed by atoms with Crippen LogP contribution in [0.15, 0.2) is 48.8 Å². The number of nitrogens with one attached hydrogen (secondary N) is 2. The van der Waals surface area contributed by atoms with Crippen molar-refractivity contribution >= 4 is 22.8 Å². The van der Waals surface area contributed by atoms with Gasteiger partial charge in [-0.25, -0.2) is 19.3 Å². The molecule has 3 aromatic heterocycles. The van der Waals surface area contributed by atoms with Gasteiger partial charge in [0.25, 0.3) is 0 Å². The number of methoxy groups -OCH3 is 1. The molecule has 3 fully saturated rings. The molecule has 0 radical (unpaired) electrons. The van der Waals surface area contributed by atoms with E-state index >= 15 is 0 Å². The zero-order chi connectivity index (χ0) is 24.8. The van der Waals surface area contributed by atoms with Gasteiger partial charge in [-0.1, -0.05) is 0 Å². The molecule has 3 aliphatic rings. The van der Waals surface area contributed by atoms with E-state index in [1.807, 2.05) is 30.3 Å². The highest BCUT2D eigenvalue weighted by atomic mass is 19.1. The molecule has 2 atom stereocenters. The Kier molecular flexibility index (Phi) is 5.55. The third-order valence-electron chi connectivity index (χ3n) is 7.67. The smallest absolute Gasteiger partial charge is 0.308 e. The monoisotopic (exact) mass is 487 g/mol. The second kappa shape index (κ2) is 8.89. The average molecular weight is 488 g/mol. The minimum Gasteiger partial charge on any atom is -0.497 e. The lowest BCUT2D eigenvalue weighted by Gasteiger charge is -2.47. The Hall–Kier alpha value is -4.01. The summed E-state index contributed by atoms with van der Waals surface area (Å²) in [4.78, 5) is 28.9. The molecule has 0 aliphatic heterocycles. The van der Waals surface area contributed by atoms with Crippen LogP contribution in [0.1, 0.15) is 25.7 Å². The first-order valence-corrected chi connectivity index (χ1v) is 12.2. The molecule has 2 unspecified atom stereocenters. The summed E-state index contributed by atoms with van der Waals surface area (Å²) in [6.07, 6.45) is 6.83. The molecule has 8 nitrogen and oxygen atoms in total. The Labute approximate surface area is 207 Å². The predicted octanol–water partition coefficient (Wildman–Crippen LogP) is 5.14. The summed E-state index contributed by atoms with van der Waals surface area (Å²) in [6, 6.07) is 10.6. The molecule has 3 aliphatic carbocycles. The lowest BCUT2D eigenvalue weighted by molar-refractivity contribution is -0.148. The van der Waals surface area contributed by atoms with E-state index in [1.165, 1.54) is 6.07 Å². The number of pyridine rings is 1. The Morgan fingerprint density at radius 1 is 1.11 bits per heavy atom. The topological polar surface area (TPSA) is 113 Å². The number of aromatic nitrogens is 4. The number of hydrogen-bond acceptors (Lipinski definition) is 6. The van der Waals surface area contributed by atoms with Crippen LogP contribution in [0.2, 0.25) is 0 Å². The van der Waals surface area contributed by atoms with E-state index in [-0.39, 0.29) is 17.9 Å². The number of ether oxygens (including phenoxy) is 1. The van der Waals surface area contributed by atoms with Crippen molar-refractivity contribution in [3.05, 3.63) is 54.6 Å². The molecule has 0 saturated heterocycles. The molecule has 36 heavy (non-hydrogen) atoms. The first-order valence-electron chi connectivity index (χ1n) is 12.2. The first kappa shape index (κ1) is 22.5. The van der Waals surface area contributed by atoms with Gasteiger partial charge in [0.15, 0.2) is 5.82 Å². The van der Waals surface area contributed by atoms with Crippen molar-refractivity contribution in [1.29, 1.82) is 0 Å². The number of carboxylic acid groups (broad SMARTS) is 1. The lowest BCUT2D eigenvalue weighted by atomic mass is 9.61. The molecule has 1 aromatic carbocycles. The summed E-state index contributed by atoms with van der Waals surface area (Å²) in [7, 11) is 1.61.